The number of hydrogen-bond acceptors (Lipinski definition) is 2. The van der Waals surface area contributed by atoms with Crippen LogP contribution in [0.3, 0.4) is 0 Å². The number of carbonyl (C=O) groups is 2. The van der Waals surface area contributed by atoms with Crippen LogP contribution in [-0.4, -0.2) is 11.6 Å². The van der Waals surface area contributed by atoms with Crippen LogP contribution in [0.2, 0.25) is 0 Å². The molecule has 0 aromatic heterocycles. The Morgan fingerprint density at radius 1 is 1.50 bits per heavy atom. The fourth-order valence-electron chi connectivity index (χ4n) is 1.82. The van der Waals surface area contributed by atoms with Gasteiger partial charge in [0, 0.05) is 6.42 Å². The summed E-state index contributed by atoms with van der Waals surface area (Å²) in [5, 5.41) is 0. The molecule has 0 aromatic rings. The second-order valence-electron chi connectivity index (χ2n) is 4.07. The molecule has 0 saturated heterocycles. The summed E-state index contributed by atoms with van der Waals surface area (Å²) in [7, 11) is 0. The van der Waals surface area contributed by atoms with Crippen LogP contribution in [0.4, 0.5) is 0 Å². The molecule has 0 bridgehead atoms. The summed E-state index contributed by atoms with van der Waals surface area (Å²) in [6.45, 7) is 5.74. The van der Waals surface area contributed by atoms with E-state index < -0.39 is 0 Å². The molecule has 0 N–H and O–H groups in total. The summed E-state index contributed by atoms with van der Waals surface area (Å²) in [4.78, 5) is 22.3. The summed E-state index contributed by atoms with van der Waals surface area (Å²) in [5.41, 5.74) is 0. The van der Waals surface area contributed by atoms with Gasteiger partial charge in [0.2, 0.25) is 0 Å². The average molecular weight is 168 g/mol. The van der Waals surface area contributed by atoms with Gasteiger partial charge in [-0.05, 0) is 25.2 Å². The van der Waals surface area contributed by atoms with Gasteiger partial charge >= 0.3 is 0 Å². The van der Waals surface area contributed by atoms with Crippen LogP contribution in [0.25, 0.3) is 0 Å². The molecule has 0 heterocycles. The van der Waals surface area contributed by atoms with Crippen molar-refractivity contribution in [3.63, 3.8) is 0 Å². The number of hydrogen-bond donors (Lipinski definition) is 0. The Hall–Kier alpha value is -0.660. The quantitative estimate of drug-likeness (QED) is 0.589. The molecular weight excluding hydrogens is 152 g/mol. The molecule has 0 aromatic carbocycles. The predicted molar refractivity (Wildman–Crippen MR) is 46.7 cm³/mol. The lowest BCUT2D eigenvalue weighted by Crippen LogP contribution is -2.14. The Bertz CT molecular complexity index is 206. The molecule has 1 fully saturated rings. The maximum atomic E-state index is 11.3. The second-order valence-corrected chi connectivity index (χ2v) is 4.07. The van der Waals surface area contributed by atoms with Crippen molar-refractivity contribution in [3.8, 4) is 0 Å². The maximum absolute atomic E-state index is 11.3. The Labute approximate surface area is 73.3 Å². The van der Waals surface area contributed by atoms with Crippen molar-refractivity contribution in [2.24, 2.45) is 17.8 Å². The van der Waals surface area contributed by atoms with Crippen LogP contribution in [0, 0.1) is 17.8 Å². The van der Waals surface area contributed by atoms with Crippen molar-refractivity contribution in [2.45, 2.75) is 33.6 Å². The van der Waals surface area contributed by atoms with E-state index in [4.69, 9.17) is 0 Å². The zero-order valence-electron chi connectivity index (χ0n) is 7.96. The van der Waals surface area contributed by atoms with Gasteiger partial charge in [0.25, 0.3) is 0 Å². The van der Waals surface area contributed by atoms with E-state index in [0.29, 0.717) is 18.3 Å². The van der Waals surface area contributed by atoms with Crippen LogP contribution >= 0.6 is 0 Å². The van der Waals surface area contributed by atoms with E-state index in [-0.39, 0.29) is 17.5 Å². The standard InChI is InChI=1S/C10H16O2/c1-6(2)8-4-9(7(3)11)10(12)5-8/h6,8-9H,4-5H2,1-3H3/t8-,9+/m1/s1. The predicted octanol–water partition coefficient (Wildman–Crippen LogP) is 1.83. The maximum Gasteiger partial charge on any atom is 0.143 e. The van der Waals surface area contributed by atoms with Crippen molar-refractivity contribution in [2.75, 3.05) is 0 Å². The summed E-state index contributed by atoms with van der Waals surface area (Å²) in [6.07, 6.45) is 1.40. The summed E-state index contributed by atoms with van der Waals surface area (Å²) in [5.74, 6) is 0.881. The van der Waals surface area contributed by atoms with E-state index in [2.05, 4.69) is 13.8 Å². The van der Waals surface area contributed by atoms with Gasteiger partial charge in [0.15, 0.2) is 0 Å². The molecule has 0 spiro atoms. The minimum atomic E-state index is -0.280. The molecule has 0 aliphatic heterocycles. The number of Topliss-reactive ketones (excluding diaryl/α,β-unsaturated/α-hetero) is 2. The first-order chi connectivity index (χ1) is 5.52. The monoisotopic (exact) mass is 168 g/mol. The molecule has 68 valence electrons. The van der Waals surface area contributed by atoms with E-state index in [1.165, 1.54) is 6.92 Å². The van der Waals surface area contributed by atoms with E-state index >= 15 is 0 Å². The van der Waals surface area contributed by atoms with Gasteiger partial charge in [-0.2, -0.15) is 0 Å². The largest absolute Gasteiger partial charge is 0.299 e. The molecule has 0 amide bonds. The molecule has 12 heavy (non-hydrogen) atoms. The highest BCUT2D eigenvalue weighted by molar-refractivity contribution is 6.02. The van der Waals surface area contributed by atoms with Gasteiger partial charge in [-0.15, -0.1) is 0 Å². The van der Waals surface area contributed by atoms with Crippen LogP contribution in [0.5, 0.6) is 0 Å². The smallest absolute Gasteiger partial charge is 0.143 e. The molecule has 1 rings (SSSR count). The SMILES string of the molecule is CC(=O)[C@@H]1C[C@@H](C(C)C)CC1=O. The van der Waals surface area contributed by atoms with Crippen LogP contribution in [0.15, 0.2) is 0 Å². The van der Waals surface area contributed by atoms with Crippen molar-refractivity contribution in [3.05, 3.63) is 0 Å². The van der Waals surface area contributed by atoms with Gasteiger partial charge in [-0.3, -0.25) is 9.59 Å². The van der Waals surface area contributed by atoms with Crippen LogP contribution in [-0.2, 0) is 9.59 Å². The molecule has 0 radical (unpaired) electrons. The molecule has 1 aliphatic carbocycles. The van der Waals surface area contributed by atoms with Crippen molar-refractivity contribution >= 4 is 11.6 Å². The third kappa shape index (κ3) is 1.74. The third-order valence-corrected chi connectivity index (χ3v) is 2.82. The molecule has 2 heteroatoms. The lowest BCUT2D eigenvalue weighted by Gasteiger charge is -2.11. The molecule has 2 atom stereocenters. The topological polar surface area (TPSA) is 34.1 Å². The van der Waals surface area contributed by atoms with Gasteiger partial charge in [-0.1, -0.05) is 13.8 Å². The minimum absolute atomic E-state index is 0.0446. The van der Waals surface area contributed by atoms with Gasteiger partial charge in [0.1, 0.15) is 11.6 Å². The zero-order chi connectivity index (χ0) is 9.30. The Kier molecular flexibility index (Phi) is 2.65. The highest BCUT2D eigenvalue weighted by atomic mass is 16.1. The number of rotatable bonds is 2. The Balaban J connectivity index is 2.62. The van der Waals surface area contributed by atoms with E-state index in [0.717, 1.165) is 6.42 Å². The first-order valence-corrected chi connectivity index (χ1v) is 4.55. The highest BCUT2D eigenvalue weighted by Crippen LogP contribution is 2.33. The summed E-state index contributed by atoms with van der Waals surface area (Å²) < 4.78 is 0. The number of ketones is 2. The number of carbonyl (C=O) groups excluding carboxylic acids is 2. The molecular formula is C10H16O2. The fourth-order valence-corrected chi connectivity index (χ4v) is 1.82. The molecule has 1 aliphatic rings. The molecule has 0 unspecified atom stereocenters. The van der Waals surface area contributed by atoms with Gasteiger partial charge in [0.05, 0.1) is 5.92 Å². The summed E-state index contributed by atoms with van der Waals surface area (Å²) >= 11 is 0. The lowest BCUT2D eigenvalue weighted by molar-refractivity contribution is -0.129. The third-order valence-electron chi connectivity index (χ3n) is 2.82. The van der Waals surface area contributed by atoms with Crippen LogP contribution < -0.4 is 0 Å². The second kappa shape index (κ2) is 3.38. The average Bonchev–Trinajstić information content (AvgIpc) is 2.30. The normalized spacial score (nSPS) is 29.8. The highest BCUT2D eigenvalue weighted by Gasteiger charge is 2.36. The van der Waals surface area contributed by atoms with Crippen molar-refractivity contribution < 1.29 is 9.59 Å². The molecule has 1 saturated carbocycles. The fraction of sp³-hybridized carbons (Fsp3) is 0.800. The van der Waals surface area contributed by atoms with Crippen LogP contribution in [0.1, 0.15) is 33.6 Å². The van der Waals surface area contributed by atoms with Crippen molar-refractivity contribution in [1.82, 2.24) is 0 Å². The zero-order valence-corrected chi connectivity index (χ0v) is 7.96. The molecule has 2 nitrogen and oxygen atoms in total. The van der Waals surface area contributed by atoms with E-state index in [1.54, 1.807) is 0 Å². The van der Waals surface area contributed by atoms with Gasteiger partial charge < -0.3 is 0 Å². The van der Waals surface area contributed by atoms with E-state index in [1.807, 2.05) is 0 Å². The Morgan fingerprint density at radius 2 is 2.08 bits per heavy atom. The summed E-state index contributed by atoms with van der Waals surface area (Å²) in [6, 6.07) is 0. The first-order valence-electron chi connectivity index (χ1n) is 4.55. The van der Waals surface area contributed by atoms with Crippen molar-refractivity contribution in [1.29, 1.82) is 0 Å². The first kappa shape index (κ1) is 9.43. The lowest BCUT2D eigenvalue weighted by atomic mass is 9.93. The van der Waals surface area contributed by atoms with Gasteiger partial charge in [-0.25, -0.2) is 0 Å². The minimum Gasteiger partial charge on any atom is -0.299 e. The Morgan fingerprint density at radius 3 is 2.33 bits per heavy atom. The van der Waals surface area contributed by atoms with E-state index in [9.17, 15) is 9.59 Å².